The molecule has 0 aliphatic carbocycles. The summed E-state index contributed by atoms with van der Waals surface area (Å²) in [5.41, 5.74) is 0.661. The number of sulfone groups is 1. The number of carboxylic acid groups (broad SMARTS) is 2. The average molecular weight is 343 g/mol. The van der Waals surface area contributed by atoms with Crippen molar-refractivity contribution in [2.45, 2.75) is 24.6 Å². The van der Waals surface area contributed by atoms with Gasteiger partial charge in [0.2, 0.25) is 0 Å². The van der Waals surface area contributed by atoms with Crippen molar-refractivity contribution in [3.05, 3.63) is 35.4 Å². The van der Waals surface area contributed by atoms with Crippen LogP contribution >= 0.6 is 0 Å². The zero-order valence-corrected chi connectivity index (χ0v) is 13.2. The highest BCUT2D eigenvalue weighted by atomic mass is 32.2. The molecule has 0 bridgehead atoms. The zero-order chi connectivity index (χ0) is 17.6. The molecule has 0 aliphatic heterocycles. The summed E-state index contributed by atoms with van der Waals surface area (Å²) in [7, 11) is -3.19. The first-order valence-corrected chi connectivity index (χ1v) is 8.66. The number of amides is 1. The average Bonchev–Trinajstić information content (AvgIpc) is 2.41. The first-order chi connectivity index (χ1) is 10.6. The van der Waals surface area contributed by atoms with E-state index < -0.39 is 33.7 Å². The molecule has 0 heterocycles. The molecular formula is C14H17NO7S. The fourth-order valence-electron chi connectivity index (χ4n) is 1.82. The van der Waals surface area contributed by atoms with E-state index in [1.165, 1.54) is 24.3 Å². The van der Waals surface area contributed by atoms with E-state index >= 15 is 0 Å². The van der Waals surface area contributed by atoms with Crippen LogP contribution in [0.15, 0.2) is 24.3 Å². The van der Waals surface area contributed by atoms with Gasteiger partial charge in [-0.05, 0) is 24.1 Å². The van der Waals surface area contributed by atoms with E-state index in [4.69, 9.17) is 10.2 Å². The molecule has 0 spiro atoms. The van der Waals surface area contributed by atoms with Crippen molar-refractivity contribution in [3.8, 4) is 0 Å². The summed E-state index contributed by atoms with van der Waals surface area (Å²) in [6.07, 6.45) is 0.473. The second-order valence-corrected chi connectivity index (χ2v) is 7.20. The van der Waals surface area contributed by atoms with Crippen LogP contribution in [0.4, 0.5) is 0 Å². The number of carbonyl (C=O) groups excluding carboxylic acids is 1. The number of carbonyl (C=O) groups is 3. The molecule has 3 N–H and O–H groups in total. The van der Waals surface area contributed by atoms with Crippen molar-refractivity contribution in [1.29, 1.82) is 0 Å². The minimum atomic E-state index is -3.19. The van der Waals surface area contributed by atoms with Crippen LogP contribution in [0, 0.1) is 0 Å². The Morgan fingerprint density at radius 3 is 2.13 bits per heavy atom. The number of hydrogen-bond acceptors (Lipinski definition) is 5. The van der Waals surface area contributed by atoms with E-state index in [1.807, 2.05) is 0 Å². The summed E-state index contributed by atoms with van der Waals surface area (Å²) in [4.78, 5) is 33.5. The molecule has 0 radical (unpaired) electrons. The van der Waals surface area contributed by atoms with Crippen LogP contribution in [-0.2, 0) is 25.2 Å². The Kier molecular flexibility index (Phi) is 6.26. The minimum absolute atomic E-state index is 0.156. The lowest BCUT2D eigenvalue weighted by atomic mass is 10.1. The van der Waals surface area contributed by atoms with Crippen LogP contribution in [0.3, 0.4) is 0 Å². The maximum absolute atomic E-state index is 12.0. The van der Waals surface area contributed by atoms with E-state index in [0.29, 0.717) is 5.56 Å². The first-order valence-electron chi connectivity index (χ1n) is 6.60. The predicted molar refractivity (Wildman–Crippen MR) is 80.7 cm³/mol. The Hall–Kier alpha value is -2.42. The number of aliphatic carboxylic acids is 2. The predicted octanol–water partition coefficient (Wildman–Crippen LogP) is 0.279. The van der Waals surface area contributed by atoms with Gasteiger partial charge < -0.3 is 15.5 Å². The fourth-order valence-corrected chi connectivity index (χ4v) is 2.62. The standard InChI is InChI=1S/C14H17NO7S/c1-23(21,22)8-9-2-4-10(5-3-9)13(18)15-11(14(19)20)6-7-12(16)17/h2-5,11H,6-8H2,1H3,(H,15,18)(H,16,17)(H,19,20). The van der Waals surface area contributed by atoms with Crippen LogP contribution in [0.2, 0.25) is 0 Å². The van der Waals surface area contributed by atoms with E-state index in [9.17, 15) is 22.8 Å². The van der Waals surface area contributed by atoms with E-state index in [0.717, 1.165) is 6.26 Å². The number of benzene rings is 1. The van der Waals surface area contributed by atoms with Gasteiger partial charge in [0, 0.05) is 18.2 Å². The number of nitrogens with one attached hydrogen (secondary N) is 1. The third-order valence-electron chi connectivity index (χ3n) is 2.90. The van der Waals surface area contributed by atoms with Crippen molar-refractivity contribution in [3.63, 3.8) is 0 Å². The monoisotopic (exact) mass is 343 g/mol. The van der Waals surface area contributed by atoms with Gasteiger partial charge in [0.05, 0.1) is 5.75 Å². The summed E-state index contributed by atoms with van der Waals surface area (Å²) >= 11 is 0. The second kappa shape index (κ2) is 7.73. The van der Waals surface area contributed by atoms with Gasteiger partial charge >= 0.3 is 11.9 Å². The number of carboxylic acids is 2. The maximum Gasteiger partial charge on any atom is 0.326 e. The van der Waals surface area contributed by atoms with Gasteiger partial charge in [-0.3, -0.25) is 9.59 Å². The molecule has 0 saturated heterocycles. The number of rotatable bonds is 8. The van der Waals surface area contributed by atoms with Crippen LogP contribution < -0.4 is 5.32 Å². The van der Waals surface area contributed by atoms with Gasteiger partial charge in [0.25, 0.3) is 5.91 Å². The fraction of sp³-hybridized carbons (Fsp3) is 0.357. The molecule has 0 aliphatic rings. The van der Waals surface area contributed by atoms with Crippen molar-refractivity contribution in [2.24, 2.45) is 0 Å². The SMILES string of the molecule is CS(=O)(=O)Cc1ccc(C(=O)NC(CCC(=O)O)C(=O)O)cc1. The third-order valence-corrected chi connectivity index (χ3v) is 3.75. The highest BCUT2D eigenvalue weighted by molar-refractivity contribution is 7.89. The van der Waals surface area contributed by atoms with Gasteiger partial charge in [0.15, 0.2) is 9.84 Å². The molecule has 126 valence electrons. The van der Waals surface area contributed by atoms with Gasteiger partial charge in [-0.15, -0.1) is 0 Å². The van der Waals surface area contributed by atoms with Gasteiger partial charge in [-0.1, -0.05) is 12.1 Å². The Morgan fingerprint density at radius 1 is 1.13 bits per heavy atom. The van der Waals surface area contributed by atoms with Crippen LogP contribution in [-0.4, -0.2) is 48.8 Å². The zero-order valence-electron chi connectivity index (χ0n) is 12.4. The topological polar surface area (TPSA) is 138 Å². The third kappa shape index (κ3) is 6.92. The molecule has 1 amide bonds. The van der Waals surface area contributed by atoms with Gasteiger partial charge in [0.1, 0.15) is 6.04 Å². The molecule has 0 aromatic heterocycles. The molecule has 0 saturated carbocycles. The minimum Gasteiger partial charge on any atom is -0.481 e. The lowest BCUT2D eigenvalue weighted by Crippen LogP contribution is -2.41. The maximum atomic E-state index is 12.0. The molecule has 1 atom stereocenters. The van der Waals surface area contributed by atoms with Crippen LogP contribution in [0.5, 0.6) is 0 Å². The summed E-state index contributed by atoms with van der Waals surface area (Å²) in [6.45, 7) is 0. The van der Waals surface area contributed by atoms with Crippen LogP contribution in [0.1, 0.15) is 28.8 Å². The van der Waals surface area contributed by atoms with Crippen LogP contribution in [0.25, 0.3) is 0 Å². The molecule has 1 unspecified atom stereocenters. The Morgan fingerprint density at radius 2 is 1.70 bits per heavy atom. The summed E-state index contributed by atoms with van der Waals surface area (Å²) < 4.78 is 22.3. The summed E-state index contributed by atoms with van der Waals surface area (Å²) in [6, 6.07) is 4.37. The molecule has 0 fully saturated rings. The van der Waals surface area contributed by atoms with Crippen molar-refractivity contribution < 1.29 is 33.0 Å². The molecule has 23 heavy (non-hydrogen) atoms. The number of hydrogen-bond donors (Lipinski definition) is 3. The molecule has 1 aromatic rings. The Bertz CT molecular complexity index is 694. The second-order valence-electron chi connectivity index (χ2n) is 5.06. The normalized spacial score (nSPS) is 12.4. The Balaban J connectivity index is 2.75. The molecule has 9 heteroatoms. The molecule has 8 nitrogen and oxygen atoms in total. The molecule has 1 aromatic carbocycles. The largest absolute Gasteiger partial charge is 0.481 e. The quantitative estimate of drug-likeness (QED) is 0.616. The van der Waals surface area contributed by atoms with Gasteiger partial charge in [-0.25, -0.2) is 13.2 Å². The molecule has 1 rings (SSSR count). The summed E-state index contributed by atoms with van der Waals surface area (Å²) in [5.74, 6) is -3.32. The highest BCUT2D eigenvalue weighted by Crippen LogP contribution is 2.09. The van der Waals surface area contributed by atoms with Crippen molar-refractivity contribution >= 4 is 27.7 Å². The molecular weight excluding hydrogens is 326 g/mol. The first kappa shape index (κ1) is 18.6. The van der Waals surface area contributed by atoms with Crippen molar-refractivity contribution in [2.75, 3.05) is 6.26 Å². The Labute approximate surface area is 133 Å². The van der Waals surface area contributed by atoms with E-state index in [2.05, 4.69) is 5.32 Å². The highest BCUT2D eigenvalue weighted by Gasteiger charge is 2.21. The van der Waals surface area contributed by atoms with E-state index in [-0.39, 0.29) is 24.2 Å². The van der Waals surface area contributed by atoms with E-state index in [1.54, 1.807) is 0 Å². The smallest absolute Gasteiger partial charge is 0.326 e. The summed E-state index contributed by atoms with van der Waals surface area (Å²) in [5, 5.41) is 19.8. The lowest BCUT2D eigenvalue weighted by molar-refractivity contribution is -0.140. The van der Waals surface area contributed by atoms with Crippen molar-refractivity contribution in [1.82, 2.24) is 5.32 Å². The lowest BCUT2D eigenvalue weighted by Gasteiger charge is -2.13. The van der Waals surface area contributed by atoms with Gasteiger partial charge in [-0.2, -0.15) is 0 Å².